The highest BCUT2D eigenvalue weighted by molar-refractivity contribution is 6.33. The number of nitrogens with zero attached hydrogens (tertiary/aromatic N) is 1. The number of hydrogen-bond donors (Lipinski definition) is 1. The van der Waals surface area contributed by atoms with Crippen LogP contribution in [0.2, 0.25) is 5.02 Å². The third-order valence-corrected chi connectivity index (χ3v) is 3.13. The molecular weight excluding hydrogens is 227 g/mol. The Balaban J connectivity index is 2.30. The molecule has 16 heavy (non-hydrogen) atoms. The second kappa shape index (κ2) is 4.22. The van der Waals surface area contributed by atoms with Crippen LogP contribution < -0.4 is 10.2 Å². The van der Waals surface area contributed by atoms with E-state index in [1.807, 2.05) is 4.90 Å². The number of halogens is 2. The summed E-state index contributed by atoms with van der Waals surface area (Å²) in [5, 5.41) is 3.87. The summed E-state index contributed by atoms with van der Waals surface area (Å²) in [5.41, 5.74) is 0.517. The first-order valence-corrected chi connectivity index (χ1v) is 5.81. The Morgan fingerprint density at radius 3 is 2.81 bits per heavy atom. The van der Waals surface area contributed by atoms with E-state index in [-0.39, 0.29) is 11.4 Å². The van der Waals surface area contributed by atoms with Crippen molar-refractivity contribution in [2.75, 3.05) is 24.5 Å². The molecule has 1 aromatic carbocycles. The number of nitrogens with one attached hydrogen (secondary N) is 1. The van der Waals surface area contributed by atoms with Gasteiger partial charge in [-0.1, -0.05) is 17.7 Å². The van der Waals surface area contributed by atoms with E-state index in [0.717, 1.165) is 19.6 Å². The smallest absolute Gasteiger partial charge is 0.148 e. The maximum Gasteiger partial charge on any atom is 0.148 e. The van der Waals surface area contributed by atoms with Gasteiger partial charge in [-0.3, -0.25) is 0 Å². The van der Waals surface area contributed by atoms with Crippen molar-refractivity contribution in [1.29, 1.82) is 0 Å². The van der Waals surface area contributed by atoms with Crippen molar-refractivity contribution in [3.8, 4) is 0 Å². The van der Waals surface area contributed by atoms with Gasteiger partial charge in [0, 0.05) is 25.2 Å². The Kier molecular flexibility index (Phi) is 3.08. The van der Waals surface area contributed by atoms with E-state index in [2.05, 4.69) is 19.2 Å². The van der Waals surface area contributed by atoms with E-state index in [1.165, 1.54) is 6.07 Å². The number of rotatable bonds is 1. The lowest BCUT2D eigenvalue weighted by Crippen LogP contribution is -2.57. The van der Waals surface area contributed by atoms with Crippen LogP contribution in [-0.4, -0.2) is 25.2 Å². The molecular formula is C12H16ClFN2. The van der Waals surface area contributed by atoms with Crippen molar-refractivity contribution in [2.24, 2.45) is 0 Å². The van der Waals surface area contributed by atoms with Gasteiger partial charge in [0.05, 0.1) is 10.7 Å². The van der Waals surface area contributed by atoms with Gasteiger partial charge in [0.1, 0.15) is 5.82 Å². The molecule has 0 bridgehead atoms. The average Bonchev–Trinajstić information content (AvgIpc) is 2.15. The average molecular weight is 243 g/mol. The van der Waals surface area contributed by atoms with E-state index < -0.39 is 0 Å². The molecule has 1 aliphatic rings. The van der Waals surface area contributed by atoms with E-state index >= 15 is 0 Å². The number of hydrogen-bond acceptors (Lipinski definition) is 2. The van der Waals surface area contributed by atoms with Crippen molar-refractivity contribution in [1.82, 2.24) is 5.32 Å². The molecule has 0 radical (unpaired) electrons. The van der Waals surface area contributed by atoms with Crippen LogP contribution in [0.1, 0.15) is 13.8 Å². The van der Waals surface area contributed by atoms with Crippen LogP contribution >= 0.6 is 11.6 Å². The maximum atomic E-state index is 13.7. The molecule has 1 aromatic rings. The lowest BCUT2D eigenvalue weighted by atomic mass is 10.0. The van der Waals surface area contributed by atoms with Gasteiger partial charge in [0.15, 0.2) is 0 Å². The zero-order valence-corrected chi connectivity index (χ0v) is 10.3. The molecule has 0 saturated carbocycles. The Hall–Kier alpha value is -0.800. The van der Waals surface area contributed by atoms with Gasteiger partial charge in [-0.05, 0) is 26.0 Å². The molecule has 0 amide bonds. The third-order valence-electron chi connectivity index (χ3n) is 2.83. The fourth-order valence-corrected chi connectivity index (χ4v) is 2.41. The minimum atomic E-state index is -0.245. The summed E-state index contributed by atoms with van der Waals surface area (Å²) in [4.78, 5) is 2.01. The van der Waals surface area contributed by atoms with Gasteiger partial charge >= 0.3 is 0 Å². The summed E-state index contributed by atoms with van der Waals surface area (Å²) in [6, 6.07) is 4.82. The van der Waals surface area contributed by atoms with Crippen molar-refractivity contribution < 1.29 is 4.39 Å². The van der Waals surface area contributed by atoms with Crippen LogP contribution in [0.4, 0.5) is 10.1 Å². The predicted octanol–water partition coefficient (Wildman–Crippen LogP) is 2.67. The standard InChI is InChI=1S/C12H16ClFN2/c1-12(2)8-16(7-6-15-12)11-9(13)4-3-5-10(11)14/h3-5,15H,6-8H2,1-2H3. The van der Waals surface area contributed by atoms with Crippen LogP contribution in [0.25, 0.3) is 0 Å². The van der Waals surface area contributed by atoms with E-state index in [0.29, 0.717) is 10.7 Å². The van der Waals surface area contributed by atoms with Gasteiger partial charge < -0.3 is 10.2 Å². The fourth-order valence-electron chi connectivity index (χ4n) is 2.12. The monoisotopic (exact) mass is 242 g/mol. The Morgan fingerprint density at radius 2 is 2.19 bits per heavy atom. The van der Waals surface area contributed by atoms with Crippen LogP contribution in [0, 0.1) is 5.82 Å². The molecule has 1 aliphatic heterocycles. The van der Waals surface area contributed by atoms with Gasteiger partial charge in [0.2, 0.25) is 0 Å². The quantitative estimate of drug-likeness (QED) is 0.815. The highest BCUT2D eigenvalue weighted by atomic mass is 35.5. The fraction of sp³-hybridized carbons (Fsp3) is 0.500. The molecule has 2 nitrogen and oxygen atoms in total. The normalized spacial score (nSPS) is 19.9. The van der Waals surface area contributed by atoms with Gasteiger partial charge in [0.25, 0.3) is 0 Å². The molecule has 0 unspecified atom stereocenters. The van der Waals surface area contributed by atoms with Crippen molar-refractivity contribution in [3.05, 3.63) is 29.0 Å². The van der Waals surface area contributed by atoms with Crippen molar-refractivity contribution in [2.45, 2.75) is 19.4 Å². The predicted molar refractivity (Wildman–Crippen MR) is 65.7 cm³/mol. The minimum Gasteiger partial charge on any atom is -0.365 e. The Morgan fingerprint density at radius 1 is 1.44 bits per heavy atom. The molecule has 0 aliphatic carbocycles. The van der Waals surface area contributed by atoms with Crippen LogP contribution in [-0.2, 0) is 0 Å². The van der Waals surface area contributed by atoms with Gasteiger partial charge in [-0.2, -0.15) is 0 Å². The minimum absolute atomic E-state index is 0.0101. The molecule has 0 spiro atoms. The zero-order valence-electron chi connectivity index (χ0n) is 9.56. The highest BCUT2D eigenvalue weighted by Crippen LogP contribution is 2.30. The molecule has 1 heterocycles. The van der Waals surface area contributed by atoms with Crippen molar-refractivity contribution in [3.63, 3.8) is 0 Å². The second-order valence-corrected chi connectivity index (χ2v) is 5.21. The number of piperazine rings is 1. The second-order valence-electron chi connectivity index (χ2n) is 4.80. The van der Waals surface area contributed by atoms with Gasteiger partial charge in [-0.25, -0.2) is 4.39 Å². The number of benzene rings is 1. The summed E-state index contributed by atoms with van der Waals surface area (Å²) in [6.45, 7) is 6.59. The van der Waals surface area contributed by atoms with Crippen LogP contribution in [0.15, 0.2) is 18.2 Å². The summed E-state index contributed by atoms with van der Waals surface area (Å²) in [5.74, 6) is -0.245. The number of para-hydroxylation sites is 1. The SMILES string of the molecule is CC1(C)CN(c2c(F)cccc2Cl)CCN1. The lowest BCUT2D eigenvalue weighted by molar-refractivity contribution is 0.351. The highest BCUT2D eigenvalue weighted by Gasteiger charge is 2.28. The maximum absolute atomic E-state index is 13.7. The molecule has 0 aromatic heterocycles. The van der Waals surface area contributed by atoms with Crippen molar-refractivity contribution >= 4 is 17.3 Å². The largest absolute Gasteiger partial charge is 0.365 e. The van der Waals surface area contributed by atoms with E-state index in [4.69, 9.17) is 11.6 Å². The topological polar surface area (TPSA) is 15.3 Å². The van der Waals surface area contributed by atoms with Crippen LogP contribution in [0.5, 0.6) is 0 Å². The molecule has 4 heteroatoms. The Labute approximate surface area is 100 Å². The first-order chi connectivity index (χ1) is 7.49. The molecule has 1 saturated heterocycles. The first kappa shape index (κ1) is 11.7. The third kappa shape index (κ3) is 2.30. The summed E-state index contributed by atoms with van der Waals surface area (Å²) in [7, 11) is 0. The van der Waals surface area contributed by atoms with E-state index in [1.54, 1.807) is 12.1 Å². The summed E-state index contributed by atoms with van der Waals surface area (Å²) in [6.07, 6.45) is 0. The number of anilines is 1. The van der Waals surface area contributed by atoms with Gasteiger partial charge in [-0.15, -0.1) is 0 Å². The molecule has 2 rings (SSSR count). The summed E-state index contributed by atoms with van der Waals surface area (Å²) >= 11 is 6.05. The van der Waals surface area contributed by atoms with Crippen LogP contribution in [0.3, 0.4) is 0 Å². The lowest BCUT2D eigenvalue weighted by Gasteiger charge is -2.40. The zero-order chi connectivity index (χ0) is 11.8. The molecule has 0 atom stereocenters. The molecule has 1 N–H and O–H groups in total. The summed E-state index contributed by atoms with van der Waals surface area (Å²) < 4.78 is 13.7. The first-order valence-electron chi connectivity index (χ1n) is 5.44. The molecule has 88 valence electrons. The Bertz CT molecular complexity index is 372. The van der Waals surface area contributed by atoms with E-state index in [9.17, 15) is 4.39 Å². The molecule has 1 fully saturated rings.